The van der Waals surface area contributed by atoms with E-state index in [-0.39, 0.29) is 48.3 Å². The average Bonchev–Trinajstić information content (AvgIpc) is 2.80. The van der Waals surface area contributed by atoms with E-state index < -0.39 is 11.9 Å². The third-order valence-electron chi connectivity index (χ3n) is 4.97. The maximum Gasteiger partial charge on any atom is 0.338 e. The normalized spacial score (nSPS) is 12.7. The lowest BCUT2D eigenvalue weighted by Crippen LogP contribution is -2.38. The summed E-state index contributed by atoms with van der Waals surface area (Å²) in [7, 11) is 0. The first-order chi connectivity index (χ1) is 15.4. The molecule has 3 aromatic rings. The molecule has 0 spiro atoms. The van der Waals surface area contributed by atoms with Crippen molar-refractivity contribution in [1.82, 2.24) is 4.90 Å². The number of hydrogen-bond acceptors (Lipinski definition) is 5. The number of halogens is 1. The number of esters is 1. The number of carboxylic acids is 1. The summed E-state index contributed by atoms with van der Waals surface area (Å²) in [6, 6.07) is 16.3. The van der Waals surface area contributed by atoms with Gasteiger partial charge in [-0.05, 0) is 53.6 Å². The number of nitrogens with zero attached hydrogens (tertiary/aromatic N) is 1. The molecule has 32 heavy (non-hydrogen) atoms. The number of aromatic carboxylic acids is 1. The Balaban J connectivity index is 1.45. The lowest BCUT2D eigenvalue weighted by molar-refractivity contribution is 0.0469. The molecule has 162 valence electrons. The van der Waals surface area contributed by atoms with Crippen LogP contribution in [-0.4, -0.2) is 34.6 Å². The second kappa shape index (κ2) is 8.89. The zero-order valence-electron chi connectivity index (χ0n) is 16.8. The predicted molar refractivity (Wildman–Crippen MR) is 111 cm³/mol. The zero-order chi connectivity index (χ0) is 22.7. The molecule has 0 aromatic heterocycles. The SMILES string of the molecule is O=C(O)c1ccc(CN2COc3ccc(C(=O)OCc4ccc(F)cc4)cc3C2=O)cc1. The number of carboxylic acid groups (broad SMARTS) is 1. The van der Waals surface area contributed by atoms with Gasteiger partial charge in [-0.3, -0.25) is 4.79 Å². The van der Waals surface area contributed by atoms with Gasteiger partial charge in [-0.1, -0.05) is 24.3 Å². The molecular formula is C24H18FNO6. The molecule has 0 aliphatic carbocycles. The number of fused-ring (bicyclic) bond motifs is 1. The van der Waals surface area contributed by atoms with E-state index in [4.69, 9.17) is 14.6 Å². The molecule has 0 saturated heterocycles. The number of carbonyl (C=O) groups excluding carboxylic acids is 2. The van der Waals surface area contributed by atoms with Crippen LogP contribution in [0.1, 0.15) is 42.2 Å². The molecule has 1 N–H and O–H groups in total. The van der Waals surface area contributed by atoms with Crippen LogP contribution in [0, 0.1) is 5.82 Å². The van der Waals surface area contributed by atoms with Crippen molar-refractivity contribution < 1.29 is 33.4 Å². The summed E-state index contributed by atoms with van der Waals surface area (Å²) < 4.78 is 23.9. The Morgan fingerprint density at radius 3 is 2.31 bits per heavy atom. The highest BCUT2D eigenvalue weighted by Crippen LogP contribution is 2.27. The van der Waals surface area contributed by atoms with Crippen LogP contribution in [0.2, 0.25) is 0 Å². The van der Waals surface area contributed by atoms with Crippen molar-refractivity contribution in [3.8, 4) is 5.75 Å². The minimum absolute atomic E-state index is 0.0286. The lowest BCUT2D eigenvalue weighted by atomic mass is 10.1. The molecule has 0 bridgehead atoms. The molecule has 1 amide bonds. The number of amides is 1. The Labute approximate surface area is 182 Å². The fraction of sp³-hybridized carbons (Fsp3) is 0.125. The largest absolute Gasteiger partial charge is 0.478 e. The maximum absolute atomic E-state index is 13.0. The van der Waals surface area contributed by atoms with Gasteiger partial charge in [0.15, 0.2) is 6.73 Å². The summed E-state index contributed by atoms with van der Waals surface area (Å²) in [4.78, 5) is 37.8. The number of rotatable bonds is 6. The number of ether oxygens (including phenoxy) is 2. The Morgan fingerprint density at radius 2 is 1.62 bits per heavy atom. The topological polar surface area (TPSA) is 93.1 Å². The van der Waals surface area contributed by atoms with Crippen molar-refractivity contribution in [3.63, 3.8) is 0 Å². The molecule has 0 radical (unpaired) electrons. The fourth-order valence-corrected chi connectivity index (χ4v) is 3.23. The van der Waals surface area contributed by atoms with E-state index in [0.29, 0.717) is 11.3 Å². The van der Waals surface area contributed by atoms with Gasteiger partial charge >= 0.3 is 11.9 Å². The summed E-state index contributed by atoms with van der Waals surface area (Å²) in [5.74, 6) is -1.98. The second-order valence-electron chi connectivity index (χ2n) is 7.19. The van der Waals surface area contributed by atoms with Crippen LogP contribution in [0.25, 0.3) is 0 Å². The van der Waals surface area contributed by atoms with Gasteiger partial charge in [0.25, 0.3) is 5.91 Å². The smallest absolute Gasteiger partial charge is 0.338 e. The second-order valence-corrected chi connectivity index (χ2v) is 7.19. The number of benzene rings is 3. The summed E-state index contributed by atoms with van der Waals surface area (Å²) in [6.45, 7) is 0.220. The highest BCUT2D eigenvalue weighted by atomic mass is 19.1. The van der Waals surface area contributed by atoms with Gasteiger partial charge in [0, 0.05) is 6.54 Å². The first-order valence-corrected chi connectivity index (χ1v) is 9.70. The van der Waals surface area contributed by atoms with Gasteiger partial charge in [0.05, 0.1) is 16.7 Å². The van der Waals surface area contributed by atoms with Crippen molar-refractivity contribution in [2.75, 3.05) is 6.73 Å². The van der Waals surface area contributed by atoms with E-state index in [9.17, 15) is 18.8 Å². The minimum atomic E-state index is -1.03. The van der Waals surface area contributed by atoms with Crippen molar-refractivity contribution in [3.05, 3.63) is 100 Å². The molecule has 8 heteroatoms. The highest BCUT2D eigenvalue weighted by molar-refractivity contribution is 6.00. The molecule has 3 aromatic carbocycles. The standard InChI is InChI=1S/C24H18FNO6/c25-19-8-3-16(4-9-19)13-31-24(30)18-7-10-21-20(11-18)22(27)26(14-32-21)12-15-1-5-17(6-2-15)23(28)29/h1-11H,12-14H2,(H,28,29). The monoisotopic (exact) mass is 435 g/mol. The van der Waals surface area contributed by atoms with Crippen molar-refractivity contribution in [2.24, 2.45) is 0 Å². The van der Waals surface area contributed by atoms with E-state index in [2.05, 4.69) is 0 Å². The summed E-state index contributed by atoms with van der Waals surface area (Å²) >= 11 is 0. The molecule has 0 saturated carbocycles. The van der Waals surface area contributed by atoms with Gasteiger partial charge in [-0.15, -0.1) is 0 Å². The van der Waals surface area contributed by atoms with Gasteiger partial charge in [-0.2, -0.15) is 0 Å². The van der Waals surface area contributed by atoms with Crippen LogP contribution in [0.3, 0.4) is 0 Å². The van der Waals surface area contributed by atoms with Crippen LogP contribution in [-0.2, 0) is 17.9 Å². The first-order valence-electron chi connectivity index (χ1n) is 9.70. The van der Waals surface area contributed by atoms with Crippen molar-refractivity contribution in [2.45, 2.75) is 13.2 Å². The summed E-state index contributed by atoms with van der Waals surface area (Å²) in [5, 5.41) is 9.00. The molecule has 1 aliphatic heterocycles. The van der Waals surface area contributed by atoms with E-state index in [1.807, 2.05) is 0 Å². The Morgan fingerprint density at radius 1 is 0.969 bits per heavy atom. The zero-order valence-corrected chi connectivity index (χ0v) is 16.8. The molecular weight excluding hydrogens is 417 g/mol. The molecule has 0 fully saturated rings. The van der Waals surface area contributed by atoms with E-state index >= 15 is 0 Å². The number of hydrogen-bond donors (Lipinski definition) is 1. The van der Waals surface area contributed by atoms with Crippen LogP contribution in [0.15, 0.2) is 66.7 Å². The fourth-order valence-electron chi connectivity index (χ4n) is 3.23. The molecule has 1 heterocycles. The van der Waals surface area contributed by atoms with E-state index in [1.165, 1.54) is 53.4 Å². The van der Waals surface area contributed by atoms with Crippen LogP contribution in [0.4, 0.5) is 4.39 Å². The third-order valence-corrected chi connectivity index (χ3v) is 4.97. The predicted octanol–water partition coefficient (Wildman–Crippen LogP) is 3.87. The average molecular weight is 435 g/mol. The molecule has 7 nitrogen and oxygen atoms in total. The first kappa shape index (κ1) is 21.0. The molecule has 4 rings (SSSR count). The Kier molecular flexibility index (Phi) is 5.85. The highest BCUT2D eigenvalue weighted by Gasteiger charge is 2.27. The lowest BCUT2D eigenvalue weighted by Gasteiger charge is -2.29. The van der Waals surface area contributed by atoms with E-state index in [0.717, 1.165) is 5.56 Å². The molecule has 0 atom stereocenters. The Hall–Kier alpha value is -4.20. The summed E-state index contributed by atoms with van der Waals surface area (Å²) in [6.07, 6.45) is 0. The van der Waals surface area contributed by atoms with Crippen molar-refractivity contribution in [1.29, 1.82) is 0 Å². The summed E-state index contributed by atoms with van der Waals surface area (Å²) in [5.41, 5.74) is 1.96. The van der Waals surface area contributed by atoms with Gasteiger partial charge in [-0.25, -0.2) is 14.0 Å². The van der Waals surface area contributed by atoms with Crippen LogP contribution in [0.5, 0.6) is 5.75 Å². The molecule has 0 unspecified atom stereocenters. The maximum atomic E-state index is 13.0. The quantitative estimate of drug-likeness (QED) is 0.591. The van der Waals surface area contributed by atoms with Gasteiger partial charge in [0.2, 0.25) is 0 Å². The Bertz CT molecular complexity index is 1170. The minimum Gasteiger partial charge on any atom is -0.478 e. The van der Waals surface area contributed by atoms with Gasteiger partial charge < -0.3 is 19.5 Å². The van der Waals surface area contributed by atoms with E-state index in [1.54, 1.807) is 18.2 Å². The third kappa shape index (κ3) is 4.59. The van der Waals surface area contributed by atoms with Gasteiger partial charge in [0.1, 0.15) is 18.2 Å². The van der Waals surface area contributed by atoms with Crippen molar-refractivity contribution >= 4 is 17.8 Å². The van der Waals surface area contributed by atoms with Crippen LogP contribution >= 0.6 is 0 Å². The molecule has 1 aliphatic rings. The number of carbonyl (C=O) groups is 3. The van der Waals surface area contributed by atoms with Crippen LogP contribution < -0.4 is 4.74 Å².